The molecule has 1 aromatic carbocycles. The molecule has 1 heterocycles. The molecule has 0 spiro atoms. The van der Waals surface area contributed by atoms with Crippen LogP contribution in [-0.4, -0.2) is 23.8 Å². The predicted octanol–water partition coefficient (Wildman–Crippen LogP) is 3.44. The molecule has 106 valence electrons. The first-order valence-electron chi connectivity index (χ1n) is 5.96. The second-order valence-electron chi connectivity index (χ2n) is 3.92. The van der Waals surface area contributed by atoms with E-state index in [-0.39, 0.29) is 0 Å². The lowest BCUT2D eigenvalue weighted by atomic mass is 10.1. The van der Waals surface area contributed by atoms with Gasteiger partial charge >= 0.3 is 0 Å². The molecule has 0 atom stereocenters. The summed E-state index contributed by atoms with van der Waals surface area (Å²) in [4.78, 5) is 4.12. The zero-order chi connectivity index (χ0) is 14.4. The minimum Gasteiger partial charge on any atom is -0.496 e. The van der Waals surface area contributed by atoms with E-state index in [1.807, 2.05) is 17.5 Å². The van der Waals surface area contributed by atoms with Crippen molar-refractivity contribution >= 4 is 49.7 Å². The maximum Gasteiger partial charge on any atom is 0.188 e. The van der Waals surface area contributed by atoms with Crippen LogP contribution in [0.25, 0.3) is 0 Å². The smallest absolute Gasteiger partial charge is 0.188 e. The number of hydrogen-bond acceptors (Lipinski definition) is 4. The summed E-state index contributed by atoms with van der Waals surface area (Å²) < 4.78 is 6.38. The van der Waals surface area contributed by atoms with Crippen molar-refractivity contribution in [1.29, 1.82) is 0 Å². The van der Waals surface area contributed by atoms with Crippen LogP contribution in [0.15, 0.2) is 34.2 Å². The predicted molar refractivity (Wildman–Crippen MR) is 90.7 cm³/mol. The highest BCUT2D eigenvalue weighted by Crippen LogP contribution is 2.23. The summed E-state index contributed by atoms with van der Waals surface area (Å²) in [6, 6.07) is 5.97. The quantitative estimate of drug-likeness (QED) is 0.788. The van der Waals surface area contributed by atoms with Crippen LogP contribution in [0, 0.1) is 0 Å². The molecule has 0 saturated heterocycles. The van der Waals surface area contributed by atoms with Crippen molar-refractivity contribution in [3.63, 3.8) is 0 Å². The summed E-state index contributed by atoms with van der Waals surface area (Å²) in [7, 11) is 1.68. The fourth-order valence-electron chi connectivity index (χ4n) is 1.68. The van der Waals surface area contributed by atoms with E-state index in [4.69, 9.17) is 17.0 Å². The number of thiocarbonyl (C=S) groups is 1. The minimum atomic E-state index is 0.578. The third-order valence-corrected chi connectivity index (χ3v) is 4.00. The summed E-state index contributed by atoms with van der Waals surface area (Å²) in [6.07, 6.45) is 2.56. The number of rotatable bonds is 5. The molecule has 0 aliphatic heterocycles. The van der Waals surface area contributed by atoms with Crippen LogP contribution in [0.3, 0.4) is 0 Å². The first-order chi connectivity index (χ1) is 9.69. The number of aromatic nitrogens is 1. The fourth-order valence-corrected chi connectivity index (χ4v) is 2.88. The van der Waals surface area contributed by atoms with Crippen molar-refractivity contribution in [2.75, 3.05) is 19.0 Å². The van der Waals surface area contributed by atoms with Gasteiger partial charge in [-0.1, -0.05) is 15.9 Å². The minimum absolute atomic E-state index is 0.578. The average molecular weight is 372 g/mol. The van der Waals surface area contributed by atoms with E-state index in [9.17, 15) is 0 Å². The summed E-state index contributed by atoms with van der Waals surface area (Å²) in [5.74, 6) is 0.883. The van der Waals surface area contributed by atoms with Gasteiger partial charge in [-0.15, -0.1) is 11.3 Å². The van der Waals surface area contributed by atoms with Crippen LogP contribution in [0.5, 0.6) is 5.75 Å². The lowest BCUT2D eigenvalue weighted by Gasteiger charge is -2.11. The van der Waals surface area contributed by atoms with Gasteiger partial charge in [0.2, 0.25) is 0 Å². The number of methoxy groups -OCH3 is 1. The molecule has 7 heteroatoms. The van der Waals surface area contributed by atoms with E-state index < -0.39 is 0 Å². The summed E-state index contributed by atoms with van der Waals surface area (Å²) in [5.41, 5.74) is 1.13. The molecule has 20 heavy (non-hydrogen) atoms. The van der Waals surface area contributed by atoms with E-state index in [0.717, 1.165) is 33.9 Å². The Labute approximate surface area is 135 Å². The Morgan fingerprint density at radius 3 is 3.05 bits per heavy atom. The van der Waals surface area contributed by atoms with Crippen LogP contribution in [0.1, 0.15) is 5.56 Å². The summed E-state index contributed by atoms with van der Waals surface area (Å²) in [6.45, 7) is 0.726. The Balaban J connectivity index is 1.83. The van der Waals surface area contributed by atoms with Gasteiger partial charge in [0.25, 0.3) is 0 Å². The molecular weight excluding hydrogens is 358 g/mol. The molecular formula is C13H14BrN3OS2. The molecule has 0 amide bonds. The van der Waals surface area contributed by atoms with Gasteiger partial charge in [-0.2, -0.15) is 0 Å². The van der Waals surface area contributed by atoms with Crippen LogP contribution in [-0.2, 0) is 6.42 Å². The topological polar surface area (TPSA) is 46.2 Å². The second kappa shape index (κ2) is 7.56. The average Bonchev–Trinajstić information content (AvgIpc) is 2.92. The molecule has 4 nitrogen and oxygen atoms in total. The lowest BCUT2D eigenvalue weighted by Crippen LogP contribution is -2.30. The van der Waals surface area contributed by atoms with E-state index in [2.05, 4.69) is 37.6 Å². The van der Waals surface area contributed by atoms with Gasteiger partial charge < -0.3 is 15.4 Å². The van der Waals surface area contributed by atoms with Crippen molar-refractivity contribution < 1.29 is 4.74 Å². The number of ether oxygens (including phenoxy) is 1. The summed E-state index contributed by atoms with van der Waals surface area (Å²) >= 11 is 10.2. The van der Waals surface area contributed by atoms with Crippen LogP contribution in [0.4, 0.5) is 5.13 Å². The Bertz CT molecular complexity index is 575. The zero-order valence-corrected chi connectivity index (χ0v) is 14.1. The molecule has 0 fully saturated rings. The van der Waals surface area contributed by atoms with Crippen molar-refractivity contribution in [3.05, 3.63) is 39.8 Å². The molecule has 2 N–H and O–H groups in total. The normalized spacial score (nSPS) is 10.1. The zero-order valence-electron chi connectivity index (χ0n) is 10.9. The first kappa shape index (κ1) is 15.2. The van der Waals surface area contributed by atoms with Gasteiger partial charge in [0.1, 0.15) is 5.75 Å². The second-order valence-corrected chi connectivity index (χ2v) is 6.14. The van der Waals surface area contributed by atoms with Crippen molar-refractivity contribution in [3.8, 4) is 5.75 Å². The lowest BCUT2D eigenvalue weighted by molar-refractivity contribution is 0.409. The van der Waals surface area contributed by atoms with Crippen molar-refractivity contribution in [2.45, 2.75) is 6.42 Å². The molecule has 0 aliphatic rings. The van der Waals surface area contributed by atoms with E-state index >= 15 is 0 Å². The van der Waals surface area contributed by atoms with Crippen molar-refractivity contribution in [2.24, 2.45) is 0 Å². The molecule has 0 radical (unpaired) electrons. The molecule has 0 bridgehead atoms. The molecule has 2 aromatic rings. The largest absolute Gasteiger partial charge is 0.496 e. The van der Waals surface area contributed by atoms with Gasteiger partial charge in [0, 0.05) is 22.6 Å². The fraction of sp³-hybridized carbons (Fsp3) is 0.231. The van der Waals surface area contributed by atoms with Crippen LogP contribution in [0.2, 0.25) is 0 Å². The number of nitrogens with zero attached hydrogens (tertiary/aromatic N) is 1. The molecule has 1 aromatic heterocycles. The highest BCUT2D eigenvalue weighted by Gasteiger charge is 2.04. The van der Waals surface area contributed by atoms with Gasteiger partial charge in [-0.3, -0.25) is 0 Å². The van der Waals surface area contributed by atoms with Crippen LogP contribution < -0.4 is 15.4 Å². The summed E-state index contributed by atoms with van der Waals surface area (Å²) in [5, 5.41) is 9.46. The monoisotopic (exact) mass is 371 g/mol. The maximum atomic E-state index is 5.34. The third kappa shape index (κ3) is 4.43. The van der Waals surface area contributed by atoms with E-state index in [1.54, 1.807) is 13.3 Å². The maximum absolute atomic E-state index is 5.34. The highest BCUT2D eigenvalue weighted by molar-refractivity contribution is 9.10. The van der Waals surface area contributed by atoms with Gasteiger partial charge in [0.15, 0.2) is 10.2 Å². The number of hydrogen-bond donors (Lipinski definition) is 2. The molecule has 0 aliphatic carbocycles. The van der Waals surface area contributed by atoms with Crippen LogP contribution >= 0.6 is 39.5 Å². The Hall–Kier alpha value is -1.18. The van der Waals surface area contributed by atoms with Gasteiger partial charge in [0.05, 0.1) is 7.11 Å². The molecule has 2 rings (SSSR count). The Kier molecular flexibility index (Phi) is 5.75. The number of nitrogens with one attached hydrogen (secondary N) is 2. The third-order valence-electron chi connectivity index (χ3n) is 2.58. The highest BCUT2D eigenvalue weighted by atomic mass is 79.9. The van der Waals surface area contributed by atoms with E-state index in [1.165, 1.54) is 11.3 Å². The van der Waals surface area contributed by atoms with Gasteiger partial charge in [-0.05, 0) is 42.4 Å². The first-order valence-corrected chi connectivity index (χ1v) is 8.04. The molecule has 0 unspecified atom stereocenters. The Morgan fingerprint density at radius 1 is 1.50 bits per heavy atom. The molecule has 0 saturated carbocycles. The number of thiazole rings is 1. The Morgan fingerprint density at radius 2 is 2.35 bits per heavy atom. The number of benzene rings is 1. The van der Waals surface area contributed by atoms with Crippen molar-refractivity contribution in [1.82, 2.24) is 10.3 Å². The van der Waals surface area contributed by atoms with E-state index in [0.29, 0.717) is 5.11 Å². The standard InChI is InChI=1S/C13H14BrN3OS2/c1-18-11-3-2-10(14)8-9(11)4-5-15-12(19)17-13-16-6-7-20-13/h2-3,6-8H,4-5H2,1H3,(H2,15,16,17,19). The number of anilines is 1. The number of halogens is 1. The van der Waals surface area contributed by atoms with Gasteiger partial charge in [-0.25, -0.2) is 4.98 Å². The SMILES string of the molecule is COc1ccc(Br)cc1CCNC(=S)Nc1nccs1.